The van der Waals surface area contributed by atoms with Crippen molar-refractivity contribution in [1.29, 1.82) is 0 Å². The van der Waals surface area contributed by atoms with E-state index in [1.807, 2.05) is 13.1 Å². The van der Waals surface area contributed by atoms with Gasteiger partial charge in [-0.3, -0.25) is 4.90 Å². The maximum absolute atomic E-state index is 4.63. The fraction of sp³-hybridized carbons (Fsp3) is 0.400. The molecule has 1 aliphatic heterocycles. The Morgan fingerprint density at radius 2 is 2.17 bits per heavy atom. The topological polar surface area (TPSA) is 44.8 Å². The van der Waals surface area contributed by atoms with E-state index in [0.29, 0.717) is 5.92 Å². The molecule has 1 aromatic carbocycles. The molecule has 0 amide bonds. The zero-order valence-electron chi connectivity index (χ0n) is 14.6. The number of H-pyrrole nitrogens is 1. The number of aryl methyl sites for hydroxylation is 1. The van der Waals surface area contributed by atoms with Crippen molar-refractivity contribution in [2.75, 3.05) is 6.54 Å². The van der Waals surface area contributed by atoms with Crippen LogP contribution in [-0.2, 0) is 19.5 Å². The zero-order valence-corrected chi connectivity index (χ0v) is 14.6. The van der Waals surface area contributed by atoms with Crippen LogP contribution in [0, 0.1) is 6.92 Å². The summed E-state index contributed by atoms with van der Waals surface area (Å²) in [6.07, 6.45) is 5.19. The predicted molar refractivity (Wildman–Crippen MR) is 97.0 cm³/mol. The van der Waals surface area contributed by atoms with E-state index < -0.39 is 0 Å². The van der Waals surface area contributed by atoms with Gasteiger partial charge >= 0.3 is 0 Å². The Hall–Kier alpha value is -2.20. The summed E-state index contributed by atoms with van der Waals surface area (Å²) in [6, 6.07) is 6.80. The van der Waals surface area contributed by atoms with Gasteiger partial charge in [-0.2, -0.15) is 0 Å². The molecule has 4 nitrogen and oxygen atoms in total. The first-order valence-electron chi connectivity index (χ1n) is 8.74. The molecule has 0 saturated heterocycles. The minimum Gasteiger partial charge on any atom is -0.361 e. The van der Waals surface area contributed by atoms with Crippen molar-refractivity contribution < 1.29 is 0 Å². The maximum atomic E-state index is 4.63. The molecular formula is C20H24N4. The fourth-order valence-electron chi connectivity index (χ4n) is 3.53. The van der Waals surface area contributed by atoms with Crippen LogP contribution in [0.3, 0.4) is 0 Å². The maximum Gasteiger partial charge on any atom is 0.125 e. The SMILES string of the molecule is Cc1ncc2c(n1)CN(Cc1c[nH]c3cc(C(C)C)ccc13)CC2. The van der Waals surface area contributed by atoms with Crippen molar-refractivity contribution in [1.82, 2.24) is 19.9 Å². The van der Waals surface area contributed by atoms with Gasteiger partial charge in [0.25, 0.3) is 0 Å². The van der Waals surface area contributed by atoms with Crippen molar-refractivity contribution in [2.45, 2.75) is 46.2 Å². The summed E-state index contributed by atoms with van der Waals surface area (Å²) in [4.78, 5) is 14.9. The van der Waals surface area contributed by atoms with E-state index in [0.717, 1.165) is 31.9 Å². The molecule has 1 aliphatic rings. The molecule has 0 bridgehead atoms. The van der Waals surface area contributed by atoms with E-state index in [9.17, 15) is 0 Å². The number of hydrogen-bond acceptors (Lipinski definition) is 3. The van der Waals surface area contributed by atoms with Crippen LogP contribution in [0.15, 0.2) is 30.6 Å². The van der Waals surface area contributed by atoms with Crippen LogP contribution in [0.25, 0.3) is 10.9 Å². The second kappa shape index (κ2) is 6.02. The Morgan fingerprint density at radius 1 is 1.29 bits per heavy atom. The molecule has 0 aliphatic carbocycles. The normalized spacial score (nSPS) is 15.2. The molecule has 2 aromatic heterocycles. The van der Waals surface area contributed by atoms with Crippen LogP contribution in [0.2, 0.25) is 0 Å². The highest BCUT2D eigenvalue weighted by Gasteiger charge is 2.19. The molecule has 124 valence electrons. The van der Waals surface area contributed by atoms with Crippen molar-refractivity contribution in [3.8, 4) is 0 Å². The molecule has 0 spiro atoms. The van der Waals surface area contributed by atoms with Crippen LogP contribution < -0.4 is 0 Å². The lowest BCUT2D eigenvalue weighted by Gasteiger charge is -2.27. The van der Waals surface area contributed by atoms with Gasteiger partial charge in [0, 0.05) is 42.9 Å². The van der Waals surface area contributed by atoms with Crippen molar-refractivity contribution in [3.63, 3.8) is 0 Å². The van der Waals surface area contributed by atoms with Gasteiger partial charge in [0.1, 0.15) is 5.82 Å². The molecule has 4 heteroatoms. The molecule has 3 heterocycles. The lowest BCUT2D eigenvalue weighted by atomic mass is 10.0. The Balaban J connectivity index is 1.57. The van der Waals surface area contributed by atoms with E-state index in [4.69, 9.17) is 0 Å². The third kappa shape index (κ3) is 2.82. The Bertz CT molecular complexity index is 878. The fourth-order valence-corrected chi connectivity index (χ4v) is 3.53. The lowest BCUT2D eigenvalue weighted by Crippen LogP contribution is -2.31. The Morgan fingerprint density at radius 3 is 3.00 bits per heavy atom. The average Bonchev–Trinajstić information content (AvgIpc) is 2.96. The third-order valence-electron chi connectivity index (χ3n) is 5.00. The quantitative estimate of drug-likeness (QED) is 0.795. The summed E-state index contributed by atoms with van der Waals surface area (Å²) in [5.41, 5.74) is 6.49. The number of rotatable bonds is 3. The molecule has 24 heavy (non-hydrogen) atoms. The second-order valence-electron chi connectivity index (χ2n) is 7.12. The number of nitrogens with zero attached hydrogens (tertiary/aromatic N) is 3. The van der Waals surface area contributed by atoms with E-state index >= 15 is 0 Å². The monoisotopic (exact) mass is 320 g/mol. The van der Waals surface area contributed by atoms with Crippen LogP contribution >= 0.6 is 0 Å². The van der Waals surface area contributed by atoms with Crippen LogP contribution in [0.1, 0.15) is 48.0 Å². The summed E-state index contributed by atoms with van der Waals surface area (Å²) in [6.45, 7) is 9.38. The summed E-state index contributed by atoms with van der Waals surface area (Å²) in [7, 11) is 0. The number of aromatic nitrogens is 3. The van der Waals surface area contributed by atoms with E-state index in [2.05, 4.69) is 58.1 Å². The minimum absolute atomic E-state index is 0.558. The molecule has 3 aromatic rings. The smallest absolute Gasteiger partial charge is 0.125 e. The second-order valence-corrected chi connectivity index (χ2v) is 7.12. The summed E-state index contributed by atoms with van der Waals surface area (Å²) >= 11 is 0. The van der Waals surface area contributed by atoms with Crippen molar-refractivity contribution in [3.05, 3.63) is 58.8 Å². The van der Waals surface area contributed by atoms with Crippen molar-refractivity contribution in [2.24, 2.45) is 0 Å². The average molecular weight is 320 g/mol. The molecule has 0 unspecified atom stereocenters. The first-order valence-corrected chi connectivity index (χ1v) is 8.74. The molecular weight excluding hydrogens is 296 g/mol. The Labute approximate surface area is 142 Å². The van der Waals surface area contributed by atoms with E-state index in [-0.39, 0.29) is 0 Å². The van der Waals surface area contributed by atoms with Gasteiger partial charge < -0.3 is 4.98 Å². The van der Waals surface area contributed by atoms with Gasteiger partial charge in [-0.15, -0.1) is 0 Å². The third-order valence-corrected chi connectivity index (χ3v) is 5.00. The molecule has 0 radical (unpaired) electrons. The van der Waals surface area contributed by atoms with Gasteiger partial charge in [0.15, 0.2) is 0 Å². The number of nitrogens with one attached hydrogen (secondary N) is 1. The van der Waals surface area contributed by atoms with Gasteiger partial charge in [0.05, 0.1) is 5.69 Å². The number of aromatic amines is 1. The largest absolute Gasteiger partial charge is 0.361 e. The molecule has 0 fully saturated rings. The minimum atomic E-state index is 0.558. The standard InChI is InChI=1S/C20H24N4/c1-13(2)15-4-5-18-17(10-22-19(18)8-15)11-24-7-6-16-9-21-14(3)23-20(16)12-24/h4-5,8-10,13,22H,6-7,11-12H2,1-3H3. The summed E-state index contributed by atoms with van der Waals surface area (Å²) in [5, 5.41) is 1.34. The lowest BCUT2D eigenvalue weighted by molar-refractivity contribution is 0.241. The highest BCUT2D eigenvalue weighted by Crippen LogP contribution is 2.26. The number of fused-ring (bicyclic) bond motifs is 2. The van der Waals surface area contributed by atoms with Gasteiger partial charge in [0.2, 0.25) is 0 Å². The van der Waals surface area contributed by atoms with Crippen LogP contribution in [-0.4, -0.2) is 26.4 Å². The molecule has 1 N–H and O–H groups in total. The highest BCUT2D eigenvalue weighted by molar-refractivity contribution is 5.83. The van der Waals surface area contributed by atoms with E-state index in [1.165, 1.54) is 33.3 Å². The van der Waals surface area contributed by atoms with Crippen LogP contribution in [0.5, 0.6) is 0 Å². The molecule has 0 saturated carbocycles. The van der Waals surface area contributed by atoms with E-state index in [1.54, 1.807) is 0 Å². The summed E-state index contributed by atoms with van der Waals surface area (Å²) in [5.74, 6) is 1.42. The Kier molecular flexibility index (Phi) is 3.85. The molecule has 0 atom stereocenters. The van der Waals surface area contributed by atoms with Crippen LogP contribution in [0.4, 0.5) is 0 Å². The van der Waals surface area contributed by atoms with Gasteiger partial charge in [-0.1, -0.05) is 26.0 Å². The van der Waals surface area contributed by atoms with Crippen molar-refractivity contribution >= 4 is 10.9 Å². The predicted octanol–water partition coefficient (Wildman–Crippen LogP) is 3.95. The highest BCUT2D eigenvalue weighted by atomic mass is 15.1. The zero-order chi connectivity index (χ0) is 16.7. The van der Waals surface area contributed by atoms with Gasteiger partial charge in [-0.05, 0) is 42.0 Å². The first-order chi connectivity index (χ1) is 11.6. The van der Waals surface area contributed by atoms with Gasteiger partial charge in [-0.25, -0.2) is 9.97 Å². The summed E-state index contributed by atoms with van der Waals surface area (Å²) < 4.78 is 0. The number of hydrogen-bond donors (Lipinski definition) is 1. The molecule has 4 rings (SSSR count). The first kappa shape index (κ1) is 15.3. The number of benzene rings is 1.